The van der Waals surface area contributed by atoms with Crippen LogP contribution in [0.5, 0.6) is 0 Å². The predicted octanol–water partition coefficient (Wildman–Crippen LogP) is 2.79. The fraction of sp³-hybridized carbons (Fsp3) is 0.143. The summed E-state index contributed by atoms with van der Waals surface area (Å²) in [6.07, 6.45) is 0. The van der Waals surface area contributed by atoms with E-state index in [0.717, 1.165) is 5.69 Å². The van der Waals surface area contributed by atoms with Gasteiger partial charge in [0.2, 0.25) is 0 Å². The monoisotopic (exact) mass is 325 g/mol. The zero-order chi connectivity index (χ0) is 15.6. The maximum Gasteiger partial charge on any atom is 0.261 e. The maximum atomic E-state index is 12.3. The van der Waals surface area contributed by atoms with Gasteiger partial charge in [-0.15, -0.1) is 0 Å². The molecule has 0 spiro atoms. The van der Waals surface area contributed by atoms with Crippen molar-refractivity contribution in [2.45, 2.75) is 4.90 Å². The van der Waals surface area contributed by atoms with Crippen LogP contribution in [0.15, 0.2) is 47.4 Å². The molecule has 7 heteroatoms. The highest BCUT2D eigenvalue weighted by molar-refractivity contribution is 7.92. The summed E-state index contributed by atoms with van der Waals surface area (Å²) < 4.78 is 27.2. The third kappa shape index (κ3) is 3.59. The number of nitrogens with one attached hydrogen (secondary N) is 1. The van der Waals surface area contributed by atoms with Crippen molar-refractivity contribution in [3.63, 3.8) is 0 Å². The third-order valence-corrected chi connectivity index (χ3v) is 4.60. The maximum absolute atomic E-state index is 12.3. The fourth-order valence-corrected chi connectivity index (χ4v) is 3.06. The van der Waals surface area contributed by atoms with E-state index in [2.05, 4.69) is 4.72 Å². The van der Waals surface area contributed by atoms with E-state index in [4.69, 9.17) is 17.3 Å². The number of sulfonamides is 1. The summed E-state index contributed by atoms with van der Waals surface area (Å²) >= 11 is 5.87. The number of nitrogens with two attached hydrogens (primary N) is 1. The van der Waals surface area contributed by atoms with E-state index in [-0.39, 0.29) is 9.92 Å². The molecule has 2 rings (SSSR count). The quantitative estimate of drug-likeness (QED) is 0.848. The van der Waals surface area contributed by atoms with Gasteiger partial charge in [0.15, 0.2) is 0 Å². The molecule has 5 nitrogen and oxygen atoms in total. The van der Waals surface area contributed by atoms with E-state index in [0.29, 0.717) is 11.4 Å². The molecule has 3 N–H and O–H groups in total. The second-order valence-electron chi connectivity index (χ2n) is 4.73. The Bertz CT molecular complexity index is 761. The highest BCUT2D eigenvalue weighted by atomic mass is 35.5. The Kier molecular flexibility index (Phi) is 4.29. The largest absolute Gasteiger partial charge is 0.398 e. The summed E-state index contributed by atoms with van der Waals surface area (Å²) in [5.74, 6) is 0. The smallest absolute Gasteiger partial charge is 0.261 e. The average molecular weight is 326 g/mol. The lowest BCUT2D eigenvalue weighted by Gasteiger charge is -2.14. The SMILES string of the molecule is CN(C)c1cccc(NS(=O)(=O)c2ccc(N)c(Cl)c2)c1. The van der Waals surface area contributed by atoms with Gasteiger partial charge in [0.25, 0.3) is 10.0 Å². The molecule has 0 bridgehead atoms. The Morgan fingerprint density at radius 2 is 1.86 bits per heavy atom. The van der Waals surface area contributed by atoms with E-state index in [1.165, 1.54) is 18.2 Å². The standard InChI is InChI=1S/C14H16ClN3O2S/c1-18(2)11-5-3-4-10(8-11)17-21(19,20)12-6-7-14(16)13(15)9-12/h3-9,17H,16H2,1-2H3. The van der Waals surface area contributed by atoms with Gasteiger partial charge >= 0.3 is 0 Å². The summed E-state index contributed by atoms with van der Waals surface area (Å²) in [4.78, 5) is 1.95. The molecule has 21 heavy (non-hydrogen) atoms. The Morgan fingerprint density at radius 1 is 1.14 bits per heavy atom. The minimum absolute atomic E-state index is 0.0666. The molecule has 112 valence electrons. The third-order valence-electron chi connectivity index (χ3n) is 2.90. The predicted molar refractivity (Wildman–Crippen MR) is 87.4 cm³/mol. The Morgan fingerprint density at radius 3 is 2.48 bits per heavy atom. The molecule has 2 aromatic rings. The summed E-state index contributed by atoms with van der Waals surface area (Å²) in [5.41, 5.74) is 7.30. The van der Waals surface area contributed by atoms with E-state index < -0.39 is 10.0 Å². The molecule has 0 saturated carbocycles. The van der Waals surface area contributed by atoms with E-state index >= 15 is 0 Å². The second-order valence-corrected chi connectivity index (χ2v) is 6.82. The fourth-order valence-electron chi connectivity index (χ4n) is 1.74. The van der Waals surface area contributed by atoms with Gasteiger partial charge in [-0.3, -0.25) is 4.72 Å². The highest BCUT2D eigenvalue weighted by Crippen LogP contribution is 2.25. The molecular weight excluding hydrogens is 310 g/mol. The number of hydrogen-bond donors (Lipinski definition) is 2. The number of anilines is 3. The van der Waals surface area contributed by atoms with Crippen LogP contribution < -0.4 is 15.4 Å². The molecule has 0 atom stereocenters. The minimum atomic E-state index is -3.70. The summed E-state index contributed by atoms with van der Waals surface area (Å²) in [6, 6.07) is 11.3. The summed E-state index contributed by atoms with van der Waals surface area (Å²) in [5, 5.41) is 0.208. The minimum Gasteiger partial charge on any atom is -0.398 e. The van der Waals surface area contributed by atoms with Crippen molar-refractivity contribution in [1.29, 1.82) is 0 Å². The van der Waals surface area contributed by atoms with Crippen molar-refractivity contribution < 1.29 is 8.42 Å². The molecule has 0 aliphatic heterocycles. The lowest BCUT2D eigenvalue weighted by Crippen LogP contribution is -2.14. The van der Waals surface area contributed by atoms with Crippen LogP contribution >= 0.6 is 11.6 Å². The van der Waals surface area contributed by atoms with Crippen LogP contribution in [-0.2, 0) is 10.0 Å². The van der Waals surface area contributed by atoms with Gasteiger partial charge in [0, 0.05) is 19.8 Å². The lowest BCUT2D eigenvalue weighted by molar-refractivity contribution is 0.601. The van der Waals surface area contributed by atoms with Crippen molar-refractivity contribution in [3.8, 4) is 0 Å². The first kappa shape index (κ1) is 15.5. The highest BCUT2D eigenvalue weighted by Gasteiger charge is 2.15. The van der Waals surface area contributed by atoms with E-state index in [1.54, 1.807) is 18.2 Å². The Hall–Kier alpha value is -1.92. The van der Waals surface area contributed by atoms with Crippen molar-refractivity contribution in [3.05, 3.63) is 47.5 Å². The van der Waals surface area contributed by atoms with Crippen LogP contribution in [0.25, 0.3) is 0 Å². The van der Waals surface area contributed by atoms with Crippen LogP contribution in [0, 0.1) is 0 Å². The molecule has 0 amide bonds. The first-order valence-electron chi connectivity index (χ1n) is 6.15. The van der Waals surface area contributed by atoms with Crippen molar-refractivity contribution in [2.75, 3.05) is 29.5 Å². The number of benzene rings is 2. The summed E-state index contributed by atoms with van der Waals surface area (Å²) in [7, 11) is 0.0610. The van der Waals surface area contributed by atoms with E-state index in [9.17, 15) is 8.42 Å². The number of rotatable bonds is 4. The van der Waals surface area contributed by atoms with Crippen LogP contribution in [-0.4, -0.2) is 22.5 Å². The molecule has 2 aromatic carbocycles. The second kappa shape index (κ2) is 5.83. The van der Waals surface area contributed by atoms with Gasteiger partial charge in [0.05, 0.1) is 21.3 Å². The number of nitrogens with zero attached hydrogens (tertiary/aromatic N) is 1. The van der Waals surface area contributed by atoms with Crippen molar-refractivity contribution >= 4 is 38.7 Å². The molecule has 0 aliphatic rings. The van der Waals surface area contributed by atoms with Crippen LogP contribution in [0.2, 0.25) is 5.02 Å². The molecule has 0 fully saturated rings. The van der Waals surface area contributed by atoms with Gasteiger partial charge in [0.1, 0.15) is 0 Å². The summed E-state index contributed by atoms with van der Waals surface area (Å²) in [6.45, 7) is 0. The van der Waals surface area contributed by atoms with Gasteiger partial charge in [-0.2, -0.15) is 0 Å². The normalized spacial score (nSPS) is 11.2. The van der Waals surface area contributed by atoms with Gasteiger partial charge < -0.3 is 10.6 Å². The zero-order valence-corrected chi connectivity index (χ0v) is 13.2. The Labute approximate surface area is 129 Å². The van der Waals surface area contributed by atoms with Crippen molar-refractivity contribution in [2.24, 2.45) is 0 Å². The van der Waals surface area contributed by atoms with Crippen molar-refractivity contribution in [1.82, 2.24) is 0 Å². The van der Waals surface area contributed by atoms with Gasteiger partial charge in [-0.1, -0.05) is 17.7 Å². The number of hydrogen-bond acceptors (Lipinski definition) is 4. The lowest BCUT2D eigenvalue weighted by atomic mass is 10.3. The first-order chi connectivity index (χ1) is 9.79. The van der Waals surface area contributed by atoms with Crippen LogP contribution in [0.3, 0.4) is 0 Å². The molecular formula is C14H16ClN3O2S. The van der Waals surface area contributed by atoms with Crippen LogP contribution in [0.1, 0.15) is 0 Å². The molecule has 0 saturated heterocycles. The molecule has 0 heterocycles. The Balaban J connectivity index is 2.33. The van der Waals surface area contributed by atoms with E-state index in [1.807, 2.05) is 25.1 Å². The van der Waals surface area contributed by atoms with Gasteiger partial charge in [-0.25, -0.2) is 8.42 Å². The number of nitrogen functional groups attached to an aromatic ring is 1. The number of halogens is 1. The average Bonchev–Trinajstić information content (AvgIpc) is 2.41. The topological polar surface area (TPSA) is 75.4 Å². The molecule has 0 aliphatic carbocycles. The molecule has 0 radical (unpaired) electrons. The van der Waals surface area contributed by atoms with Gasteiger partial charge in [-0.05, 0) is 36.4 Å². The molecule has 0 aromatic heterocycles. The first-order valence-corrected chi connectivity index (χ1v) is 8.01. The molecule has 0 unspecified atom stereocenters. The van der Waals surface area contributed by atoms with Crippen LogP contribution in [0.4, 0.5) is 17.1 Å². The zero-order valence-electron chi connectivity index (χ0n) is 11.7.